The average Bonchev–Trinajstić information content (AvgIpc) is 2.98. The molecule has 0 saturated heterocycles. The molecule has 0 heterocycles. The Hall–Kier alpha value is -3.42. The summed E-state index contributed by atoms with van der Waals surface area (Å²) in [6, 6.07) is 18.5. The van der Waals surface area contributed by atoms with E-state index in [1.807, 2.05) is 6.07 Å². The number of phenols is 1. The lowest BCUT2D eigenvalue weighted by molar-refractivity contribution is 0.150. The zero-order chi connectivity index (χ0) is 28.5. The zero-order valence-electron chi connectivity index (χ0n) is 24.6. The van der Waals surface area contributed by atoms with Gasteiger partial charge in [0, 0.05) is 45.0 Å². The molecule has 1 atom stereocenters. The monoisotopic (exact) mass is 548 g/mol. The van der Waals surface area contributed by atoms with Gasteiger partial charge in [-0.1, -0.05) is 18.2 Å². The maximum Gasteiger partial charge on any atom is 0.162 e. The van der Waals surface area contributed by atoms with Crippen LogP contribution < -0.4 is 19.1 Å². The average molecular weight is 549 g/mol. The van der Waals surface area contributed by atoms with Gasteiger partial charge < -0.3 is 33.9 Å². The minimum absolute atomic E-state index is 0.340. The van der Waals surface area contributed by atoms with Crippen molar-refractivity contribution in [3.63, 3.8) is 0 Å². The number of aromatic hydroxyl groups is 1. The predicted molar refractivity (Wildman–Crippen MR) is 160 cm³/mol. The molecule has 4 rings (SSSR count). The number of rotatable bonds is 14. The van der Waals surface area contributed by atoms with Crippen molar-refractivity contribution < 1.29 is 24.1 Å². The Labute approximate surface area is 239 Å². The van der Waals surface area contributed by atoms with Crippen LogP contribution in [0.15, 0.2) is 54.6 Å². The third kappa shape index (κ3) is 7.40. The van der Waals surface area contributed by atoms with Gasteiger partial charge in [0.1, 0.15) is 18.1 Å². The van der Waals surface area contributed by atoms with E-state index in [0.717, 1.165) is 69.3 Å². The number of likely N-dealkylation sites (N-methyl/N-ethyl adjacent to an activating group) is 1. The molecule has 1 aliphatic rings. The minimum Gasteiger partial charge on any atom is -0.508 e. The van der Waals surface area contributed by atoms with E-state index in [2.05, 4.69) is 66.2 Å². The van der Waals surface area contributed by atoms with Gasteiger partial charge in [-0.05, 0) is 91.7 Å². The highest BCUT2D eigenvalue weighted by atomic mass is 16.5. The summed E-state index contributed by atoms with van der Waals surface area (Å²) >= 11 is 0. The van der Waals surface area contributed by atoms with Gasteiger partial charge >= 0.3 is 0 Å². The van der Waals surface area contributed by atoms with Crippen molar-refractivity contribution >= 4 is 5.69 Å². The van der Waals surface area contributed by atoms with Crippen molar-refractivity contribution in [2.75, 3.05) is 66.1 Å². The molecule has 1 N–H and O–H groups in total. The molecule has 7 heteroatoms. The van der Waals surface area contributed by atoms with Crippen molar-refractivity contribution in [1.82, 2.24) is 4.90 Å². The molecule has 1 aliphatic carbocycles. The second-order valence-corrected chi connectivity index (χ2v) is 10.5. The Kier molecular flexibility index (Phi) is 10.6. The minimum atomic E-state index is 0.340. The largest absolute Gasteiger partial charge is 0.508 e. The van der Waals surface area contributed by atoms with Crippen LogP contribution in [-0.2, 0) is 24.1 Å². The summed E-state index contributed by atoms with van der Waals surface area (Å²) in [5, 5.41) is 9.94. The molecule has 3 aromatic carbocycles. The molecule has 0 amide bonds. The number of methoxy groups -OCH3 is 3. The molecular formula is C33H44N2O5. The molecule has 0 fully saturated rings. The zero-order valence-corrected chi connectivity index (χ0v) is 24.6. The van der Waals surface area contributed by atoms with Crippen LogP contribution in [-0.4, -0.2) is 71.2 Å². The summed E-state index contributed by atoms with van der Waals surface area (Å²) in [5.74, 6) is 3.06. The maximum absolute atomic E-state index is 9.94. The van der Waals surface area contributed by atoms with Gasteiger partial charge in [-0.15, -0.1) is 0 Å². The van der Waals surface area contributed by atoms with Crippen molar-refractivity contribution in [2.45, 2.75) is 38.6 Å². The second kappa shape index (κ2) is 14.3. The van der Waals surface area contributed by atoms with Crippen LogP contribution in [0.3, 0.4) is 0 Å². The van der Waals surface area contributed by atoms with Crippen LogP contribution in [0.5, 0.6) is 23.0 Å². The van der Waals surface area contributed by atoms with Crippen molar-refractivity contribution in [2.24, 2.45) is 0 Å². The molecule has 0 saturated carbocycles. The SMILES string of the molecule is CCN(Cc1ccc(OCCN(C)CCOC)cc1)c1cc(OC)c(OC)cc1C1CCc2cc(O)ccc2C1. The van der Waals surface area contributed by atoms with Crippen LogP contribution in [0.1, 0.15) is 41.5 Å². The third-order valence-corrected chi connectivity index (χ3v) is 7.83. The van der Waals surface area contributed by atoms with E-state index >= 15 is 0 Å². The summed E-state index contributed by atoms with van der Waals surface area (Å²) in [7, 11) is 7.18. The number of fused-ring (bicyclic) bond motifs is 1. The van der Waals surface area contributed by atoms with Crippen LogP contribution in [0.2, 0.25) is 0 Å². The second-order valence-electron chi connectivity index (χ2n) is 10.5. The fourth-order valence-electron chi connectivity index (χ4n) is 5.45. The Morgan fingerprint density at radius 3 is 2.30 bits per heavy atom. The number of hydrogen-bond acceptors (Lipinski definition) is 7. The summed E-state index contributed by atoms with van der Waals surface area (Å²) in [6.45, 7) is 6.92. The lowest BCUT2D eigenvalue weighted by atomic mass is 9.79. The van der Waals surface area contributed by atoms with Crippen molar-refractivity contribution in [1.29, 1.82) is 0 Å². The first-order valence-electron chi connectivity index (χ1n) is 14.2. The van der Waals surface area contributed by atoms with Crippen LogP contribution >= 0.6 is 0 Å². The summed E-state index contributed by atoms with van der Waals surface area (Å²) < 4.78 is 22.6. The lowest BCUT2D eigenvalue weighted by Gasteiger charge is -2.32. The Bertz CT molecular complexity index is 1230. The number of aryl methyl sites for hydroxylation is 1. The number of benzene rings is 3. The van der Waals surface area contributed by atoms with Gasteiger partial charge in [-0.3, -0.25) is 0 Å². The van der Waals surface area contributed by atoms with Gasteiger partial charge in [0.05, 0.1) is 20.8 Å². The van der Waals surface area contributed by atoms with Crippen molar-refractivity contribution in [3.05, 3.63) is 76.9 Å². The van der Waals surface area contributed by atoms with E-state index in [4.69, 9.17) is 18.9 Å². The van der Waals surface area contributed by atoms with Crippen LogP contribution in [0.4, 0.5) is 5.69 Å². The number of phenolic OH excluding ortho intramolecular Hbond substituents is 1. The van der Waals surface area contributed by atoms with E-state index in [1.165, 1.54) is 27.9 Å². The molecular weight excluding hydrogens is 504 g/mol. The molecule has 1 unspecified atom stereocenters. The van der Waals surface area contributed by atoms with Crippen LogP contribution in [0.25, 0.3) is 0 Å². The number of ether oxygens (including phenoxy) is 4. The van der Waals surface area contributed by atoms with Crippen LogP contribution in [0, 0.1) is 0 Å². The van der Waals surface area contributed by atoms with E-state index in [9.17, 15) is 5.11 Å². The number of hydrogen-bond donors (Lipinski definition) is 1. The molecule has 0 aliphatic heterocycles. The molecule has 0 spiro atoms. The first kappa shape index (κ1) is 29.6. The molecule has 0 radical (unpaired) electrons. The molecule has 7 nitrogen and oxygen atoms in total. The van der Waals surface area contributed by atoms with Gasteiger partial charge in [0.25, 0.3) is 0 Å². The highest BCUT2D eigenvalue weighted by molar-refractivity contribution is 5.64. The Morgan fingerprint density at radius 1 is 0.875 bits per heavy atom. The van der Waals surface area contributed by atoms with Gasteiger partial charge in [-0.25, -0.2) is 0 Å². The first-order valence-corrected chi connectivity index (χ1v) is 14.2. The smallest absolute Gasteiger partial charge is 0.162 e. The molecule has 40 heavy (non-hydrogen) atoms. The lowest BCUT2D eigenvalue weighted by Crippen LogP contribution is -2.27. The standard InChI is InChI=1S/C33H44N2O5/c1-6-35(23-24-7-13-29(14-8-24)40-18-16-34(2)15-17-37-3)31-22-33(39-5)32(38-4)21-30(31)27-10-9-26-20-28(36)12-11-25(26)19-27/h7-8,11-14,20-22,27,36H,6,9-10,15-19,23H2,1-5H3. The Morgan fingerprint density at radius 2 is 1.60 bits per heavy atom. The normalized spacial score (nSPS) is 14.6. The topological polar surface area (TPSA) is 63.6 Å². The van der Waals surface area contributed by atoms with Gasteiger partial charge in [0.15, 0.2) is 11.5 Å². The first-order chi connectivity index (χ1) is 19.4. The van der Waals surface area contributed by atoms with Gasteiger partial charge in [-0.2, -0.15) is 0 Å². The molecule has 0 aromatic heterocycles. The van der Waals surface area contributed by atoms with E-state index in [1.54, 1.807) is 27.4 Å². The quantitative estimate of drug-likeness (QED) is 0.279. The highest BCUT2D eigenvalue weighted by Gasteiger charge is 2.26. The van der Waals surface area contributed by atoms with Crippen molar-refractivity contribution in [3.8, 4) is 23.0 Å². The van der Waals surface area contributed by atoms with E-state index in [0.29, 0.717) is 18.3 Å². The maximum atomic E-state index is 9.94. The summed E-state index contributed by atoms with van der Waals surface area (Å²) in [4.78, 5) is 4.61. The third-order valence-electron chi connectivity index (χ3n) is 7.83. The van der Waals surface area contributed by atoms with E-state index < -0.39 is 0 Å². The fraction of sp³-hybridized carbons (Fsp3) is 0.455. The Balaban J connectivity index is 1.51. The predicted octanol–water partition coefficient (Wildman–Crippen LogP) is 5.67. The number of anilines is 1. The summed E-state index contributed by atoms with van der Waals surface area (Å²) in [5.41, 5.74) is 6.21. The molecule has 216 valence electrons. The highest BCUT2D eigenvalue weighted by Crippen LogP contribution is 2.43. The van der Waals surface area contributed by atoms with Gasteiger partial charge in [0.2, 0.25) is 0 Å². The fourth-order valence-corrected chi connectivity index (χ4v) is 5.45. The molecule has 3 aromatic rings. The number of nitrogens with zero attached hydrogens (tertiary/aromatic N) is 2. The summed E-state index contributed by atoms with van der Waals surface area (Å²) in [6.07, 6.45) is 2.89. The van der Waals surface area contributed by atoms with E-state index in [-0.39, 0.29) is 0 Å². The molecule has 0 bridgehead atoms.